The van der Waals surface area contributed by atoms with Crippen LogP contribution in [-0.4, -0.2) is 14.4 Å². The average molecular weight is 353 g/mol. The van der Waals surface area contributed by atoms with Crippen molar-refractivity contribution in [3.05, 3.63) is 81.8 Å². The molecule has 0 aliphatic rings. The number of pyridine rings is 2. The van der Waals surface area contributed by atoms with Crippen LogP contribution >= 0.6 is 0 Å². The van der Waals surface area contributed by atoms with Gasteiger partial charge in [-0.1, -0.05) is 17.7 Å². The van der Waals surface area contributed by atoms with E-state index >= 15 is 0 Å². The summed E-state index contributed by atoms with van der Waals surface area (Å²) in [6.45, 7) is 6.39. The SMILES string of the molecule is Cc1cc(C)c(-c2cnc3c4cc(=O)ccc4c4[nH]cccc4n23)c(C)c1. The molecule has 3 heterocycles. The van der Waals surface area contributed by atoms with Crippen LogP contribution in [0.15, 0.2) is 59.7 Å². The maximum absolute atomic E-state index is 12.0. The Morgan fingerprint density at radius 1 is 0.963 bits per heavy atom. The summed E-state index contributed by atoms with van der Waals surface area (Å²) in [5.41, 5.74) is 8.78. The molecule has 1 N–H and O–H groups in total. The summed E-state index contributed by atoms with van der Waals surface area (Å²) in [5.74, 6) is 0. The molecule has 0 saturated carbocycles. The minimum Gasteiger partial charge on any atom is -0.359 e. The normalized spacial score (nSPS) is 11.7. The second kappa shape index (κ2) is 5.55. The number of aromatic amines is 1. The molecule has 132 valence electrons. The van der Waals surface area contributed by atoms with Gasteiger partial charge in [0.2, 0.25) is 0 Å². The Kier molecular flexibility index (Phi) is 3.25. The number of aryl methyl sites for hydroxylation is 3. The Morgan fingerprint density at radius 2 is 1.74 bits per heavy atom. The predicted octanol–water partition coefficient (Wildman–Crippen LogP) is 4.92. The molecule has 2 aromatic carbocycles. The average Bonchev–Trinajstić information content (AvgIpc) is 3.06. The standard InChI is InChI=1S/C23H19N3O/c1-13-9-14(2)21(15(3)10-13)20-12-25-23-18-11-16(27)6-7-17(18)22-19(26(20)23)5-4-8-24-22/h4-12,24H,1-3H3. The summed E-state index contributed by atoms with van der Waals surface area (Å²) in [7, 11) is 0. The molecule has 0 saturated heterocycles. The van der Waals surface area contributed by atoms with Gasteiger partial charge in [-0.05, 0) is 62.2 Å². The van der Waals surface area contributed by atoms with Gasteiger partial charge in [-0.15, -0.1) is 0 Å². The number of hydrogen-bond donors (Lipinski definition) is 1. The molecule has 4 heteroatoms. The van der Waals surface area contributed by atoms with E-state index in [0.29, 0.717) is 0 Å². The summed E-state index contributed by atoms with van der Waals surface area (Å²) in [5, 5.41) is 1.87. The third-order valence-corrected chi connectivity index (χ3v) is 5.27. The number of hydrogen-bond acceptors (Lipinski definition) is 2. The molecule has 0 bridgehead atoms. The molecule has 4 nitrogen and oxygen atoms in total. The van der Waals surface area contributed by atoms with Crippen LogP contribution in [0.4, 0.5) is 0 Å². The Balaban J connectivity index is 2.04. The van der Waals surface area contributed by atoms with Crippen molar-refractivity contribution in [2.75, 3.05) is 0 Å². The van der Waals surface area contributed by atoms with Crippen LogP contribution in [0.3, 0.4) is 0 Å². The summed E-state index contributed by atoms with van der Waals surface area (Å²) < 4.78 is 2.16. The fourth-order valence-electron chi connectivity index (χ4n) is 4.30. The van der Waals surface area contributed by atoms with Crippen LogP contribution in [0.5, 0.6) is 0 Å². The van der Waals surface area contributed by atoms with Gasteiger partial charge in [0.25, 0.3) is 0 Å². The fraction of sp³-hybridized carbons (Fsp3) is 0.130. The monoisotopic (exact) mass is 353 g/mol. The molecule has 0 unspecified atom stereocenters. The number of fused-ring (bicyclic) bond motifs is 6. The fourth-order valence-corrected chi connectivity index (χ4v) is 4.30. The van der Waals surface area contributed by atoms with Gasteiger partial charge >= 0.3 is 0 Å². The van der Waals surface area contributed by atoms with Gasteiger partial charge in [-0.3, -0.25) is 9.20 Å². The van der Waals surface area contributed by atoms with Crippen LogP contribution in [0, 0.1) is 20.8 Å². The number of imidazole rings is 1. The van der Waals surface area contributed by atoms with E-state index in [9.17, 15) is 4.79 Å². The zero-order chi connectivity index (χ0) is 18.7. The summed E-state index contributed by atoms with van der Waals surface area (Å²) in [4.78, 5) is 20.1. The van der Waals surface area contributed by atoms with Gasteiger partial charge in [0, 0.05) is 22.5 Å². The first-order valence-electron chi connectivity index (χ1n) is 9.03. The zero-order valence-corrected chi connectivity index (χ0v) is 15.5. The quantitative estimate of drug-likeness (QED) is 0.435. The lowest BCUT2D eigenvalue weighted by atomic mass is 9.97. The molecule has 3 aromatic heterocycles. The second-order valence-electron chi connectivity index (χ2n) is 7.21. The van der Waals surface area contributed by atoms with Crippen molar-refractivity contribution in [1.29, 1.82) is 0 Å². The van der Waals surface area contributed by atoms with E-state index in [-0.39, 0.29) is 5.43 Å². The molecule has 0 spiro atoms. The lowest BCUT2D eigenvalue weighted by Crippen LogP contribution is -2.01. The van der Waals surface area contributed by atoms with Gasteiger partial charge in [-0.25, -0.2) is 4.98 Å². The van der Waals surface area contributed by atoms with Crippen molar-refractivity contribution < 1.29 is 0 Å². The molecule has 5 aromatic rings. The van der Waals surface area contributed by atoms with Gasteiger partial charge in [0.1, 0.15) is 5.65 Å². The number of benzene rings is 2. The minimum atomic E-state index is -0.00747. The molecule has 0 radical (unpaired) electrons. The van der Waals surface area contributed by atoms with Crippen LogP contribution in [-0.2, 0) is 0 Å². The third-order valence-electron chi connectivity index (χ3n) is 5.27. The smallest absolute Gasteiger partial charge is 0.179 e. The summed E-state index contributed by atoms with van der Waals surface area (Å²) in [6.07, 6.45) is 3.83. The van der Waals surface area contributed by atoms with E-state index in [1.165, 1.54) is 22.3 Å². The predicted molar refractivity (Wildman–Crippen MR) is 110 cm³/mol. The van der Waals surface area contributed by atoms with Crippen molar-refractivity contribution in [3.8, 4) is 11.3 Å². The van der Waals surface area contributed by atoms with Gasteiger partial charge < -0.3 is 4.98 Å². The molecule has 5 rings (SSSR count). The highest BCUT2D eigenvalue weighted by Crippen LogP contribution is 2.34. The zero-order valence-electron chi connectivity index (χ0n) is 15.5. The van der Waals surface area contributed by atoms with Crippen molar-refractivity contribution in [1.82, 2.24) is 14.4 Å². The molecule has 0 amide bonds. The maximum Gasteiger partial charge on any atom is 0.179 e. The van der Waals surface area contributed by atoms with Crippen molar-refractivity contribution in [3.63, 3.8) is 0 Å². The largest absolute Gasteiger partial charge is 0.359 e. The van der Waals surface area contributed by atoms with Crippen molar-refractivity contribution in [2.45, 2.75) is 20.8 Å². The van der Waals surface area contributed by atoms with Crippen molar-refractivity contribution >= 4 is 27.5 Å². The Labute approximate surface area is 156 Å². The summed E-state index contributed by atoms with van der Waals surface area (Å²) >= 11 is 0. The highest BCUT2D eigenvalue weighted by molar-refractivity contribution is 6.10. The number of H-pyrrole nitrogens is 1. The number of rotatable bonds is 1. The molecular weight excluding hydrogens is 334 g/mol. The molecule has 0 atom stereocenters. The lowest BCUT2D eigenvalue weighted by molar-refractivity contribution is 1.22. The second-order valence-corrected chi connectivity index (χ2v) is 7.21. The first-order valence-corrected chi connectivity index (χ1v) is 9.03. The Hall–Kier alpha value is -3.40. The van der Waals surface area contributed by atoms with Gasteiger partial charge in [-0.2, -0.15) is 0 Å². The van der Waals surface area contributed by atoms with Crippen LogP contribution in [0.1, 0.15) is 16.7 Å². The Bertz CT molecular complexity index is 1400. The molecule has 27 heavy (non-hydrogen) atoms. The van der Waals surface area contributed by atoms with E-state index in [1.54, 1.807) is 12.1 Å². The molecule has 0 aliphatic heterocycles. The molecule has 0 fully saturated rings. The topological polar surface area (TPSA) is 50.2 Å². The number of nitrogens with zero attached hydrogens (tertiary/aromatic N) is 2. The van der Waals surface area contributed by atoms with Crippen LogP contribution in [0.2, 0.25) is 0 Å². The number of nitrogens with one attached hydrogen (secondary N) is 1. The number of aromatic nitrogens is 3. The van der Waals surface area contributed by atoms with E-state index in [0.717, 1.165) is 33.1 Å². The van der Waals surface area contributed by atoms with E-state index in [2.05, 4.69) is 48.4 Å². The van der Waals surface area contributed by atoms with E-state index in [1.807, 2.05) is 24.5 Å². The first-order chi connectivity index (χ1) is 13.0. The molecular formula is C23H19N3O. The third kappa shape index (κ3) is 2.23. The van der Waals surface area contributed by atoms with Gasteiger partial charge in [0.05, 0.1) is 22.9 Å². The Morgan fingerprint density at radius 3 is 2.52 bits per heavy atom. The highest BCUT2D eigenvalue weighted by atomic mass is 16.1. The van der Waals surface area contributed by atoms with Gasteiger partial charge in [0.15, 0.2) is 5.43 Å². The first kappa shape index (κ1) is 15.8. The van der Waals surface area contributed by atoms with Crippen molar-refractivity contribution in [2.24, 2.45) is 0 Å². The maximum atomic E-state index is 12.0. The van der Waals surface area contributed by atoms with E-state index < -0.39 is 0 Å². The minimum absolute atomic E-state index is 0.00747. The highest BCUT2D eigenvalue weighted by Gasteiger charge is 2.17. The molecule has 0 aliphatic carbocycles. The summed E-state index contributed by atoms with van der Waals surface area (Å²) in [6, 6.07) is 13.7. The van der Waals surface area contributed by atoms with Crippen LogP contribution < -0.4 is 5.43 Å². The lowest BCUT2D eigenvalue weighted by Gasteiger charge is -2.14. The van der Waals surface area contributed by atoms with Crippen LogP contribution in [0.25, 0.3) is 38.7 Å². The van der Waals surface area contributed by atoms with E-state index in [4.69, 9.17) is 4.98 Å².